The van der Waals surface area contributed by atoms with E-state index in [0.717, 1.165) is 19.6 Å². The smallest absolute Gasteiger partial charge is 0.0466 e. The molecule has 4 heteroatoms. The van der Waals surface area contributed by atoms with Crippen LogP contribution in [0.3, 0.4) is 0 Å². The van der Waals surface area contributed by atoms with Gasteiger partial charge in [0.1, 0.15) is 0 Å². The first-order chi connectivity index (χ1) is 20.5. The van der Waals surface area contributed by atoms with Crippen molar-refractivity contribution >= 4 is 6.21 Å². The molecule has 41 heavy (non-hydrogen) atoms. The third-order valence-corrected chi connectivity index (χ3v) is 7.89. The number of aromatic nitrogens is 1. The van der Waals surface area contributed by atoms with Crippen LogP contribution >= 0.6 is 0 Å². The third-order valence-electron chi connectivity index (χ3n) is 7.89. The van der Waals surface area contributed by atoms with Gasteiger partial charge in [0.05, 0.1) is 0 Å². The molecular weight excluding hydrogens is 502 g/mol. The summed E-state index contributed by atoms with van der Waals surface area (Å²) in [6.07, 6.45) is 45.4. The molecule has 3 aliphatic heterocycles. The number of piperidine rings is 1. The summed E-state index contributed by atoms with van der Waals surface area (Å²) in [5.41, 5.74) is 0. The number of hydrogen-bond donors (Lipinski definition) is 1. The first-order valence-electron chi connectivity index (χ1n) is 17.8. The summed E-state index contributed by atoms with van der Waals surface area (Å²) >= 11 is 0. The van der Waals surface area contributed by atoms with Gasteiger partial charge >= 0.3 is 0 Å². The molecule has 4 nitrogen and oxygen atoms in total. The van der Waals surface area contributed by atoms with E-state index in [9.17, 15) is 0 Å². The van der Waals surface area contributed by atoms with Crippen LogP contribution in [0.1, 0.15) is 161 Å². The highest BCUT2D eigenvalue weighted by molar-refractivity contribution is 5.62. The largest absolute Gasteiger partial charge is 0.381 e. The van der Waals surface area contributed by atoms with Crippen LogP contribution in [0.15, 0.2) is 47.9 Å². The Balaban J connectivity index is 0.000000240. The Labute approximate surface area is 255 Å². The molecule has 0 aromatic carbocycles. The number of aliphatic imine (C=N–C) groups is 1. The average Bonchev–Trinajstić information content (AvgIpc) is 3.83. The van der Waals surface area contributed by atoms with Crippen LogP contribution in [0.5, 0.6) is 0 Å². The normalized spacial score (nSPS) is 20.9. The lowest BCUT2D eigenvalue weighted by Crippen LogP contribution is -2.21. The number of hydrogen-bond acceptors (Lipinski definition) is 4. The highest BCUT2D eigenvalue weighted by Gasteiger charge is 1.97. The topological polar surface area (TPSA) is 46.5 Å². The number of nitrogens with one attached hydrogen (secondary N) is 1. The summed E-state index contributed by atoms with van der Waals surface area (Å²) in [6.45, 7) is 4.50. The fourth-order valence-corrected chi connectivity index (χ4v) is 5.29. The number of allylic oxidation sites excluding steroid dienone is 1. The van der Waals surface area contributed by atoms with Crippen molar-refractivity contribution in [3.8, 4) is 0 Å². The molecular formula is C37H67N3O. The second kappa shape index (κ2) is 34.7. The van der Waals surface area contributed by atoms with Gasteiger partial charge in [-0.15, -0.1) is 0 Å². The predicted molar refractivity (Wildman–Crippen MR) is 181 cm³/mol. The molecule has 3 saturated carbocycles. The minimum Gasteiger partial charge on any atom is -0.381 e. The van der Waals surface area contributed by atoms with Gasteiger partial charge in [-0.2, -0.15) is 0 Å². The highest BCUT2D eigenvalue weighted by atomic mass is 16.5. The van der Waals surface area contributed by atoms with E-state index >= 15 is 0 Å². The van der Waals surface area contributed by atoms with Gasteiger partial charge < -0.3 is 10.1 Å². The highest BCUT2D eigenvalue weighted by Crippen LogP contribution is 2.16. The molecule has 5 fully saturated rings. The number of rotatable bonds is 0. The lowest BCUT2D eigenvalue weighted by atomic mass is 10.0. The van der Waals surface area contributed by atoms with Gasteiger partial charge in [-0.1, -0.05) is 134 Å². The zero-order valence-electron chi connectivity index (χ0n) is 26.9. The molecule has 1 aromatic heterocycles. The van der Waals surface area contributed by atoms with Gasteiger partial charge in [-0.3, -0.25) is 9.98 Å². The quantitative estimate of drug-likeness (QED) is 0.316. The van der Waals surface area contributed by atoms with Crippen LogP contribution in [0.25, 0.3) is 0 Å². The minimum atomic E-state index is 1.00. The van der Waals surface area contributed by atoms with Crippen molar-refractivity contribution in [2.75, 3.05) is 26.3 Å². The second-order valence-corrected chi connectivity index (χ2v) is 11.8. The number of ether oxygens (including phenoxy) is 1. The predicted octanol–water partition coefficient (Wildman–Crippen LogP) is 11.0. The molecule has 0 spiro atoms. The van der Waals surface area contributed by atoms with Crippen LogP contribution in [-0.2, 0) is 4.74 Å². The zero-order valence-corrected chi connectivity index (χ0v) is 26.9. The molecule has 1 N–H and O–H groups in total. The first kappa shape index (κ1) is 37.5. The van der Waals surface area contributed by atoms with Crippen LogP contribution in [0.4, 0.5) is 0 Å². The Bertz CT molecular complexity index is 506. The van der Waals surface area contributed by atoms with Crippen molar-refractivity contribution in [1.29, 1.82) is 0 Å². The van der Waals surface area contributed by atoms with Gasteiger partial charge in [-0.25, -0.2) is 0 Å². The van der Waals surface area contributed by atoms with E-state index < -0.39 is 0 Å². The lowest BCUT2D eigenvalue weighted by molar-refractivity contribution is 0.0968. The maximum absolute atomic E-state index is 5.07. The van der Waals surface area contributed by atoms with Crippen molar-refractivity contribution in [1.82, 2.24) is 10.3 Å². The summed E-state index contributed by atoms with van der Waals surface area (Å²) in [5.74, 6) is 0. The molecule has 1 aromatic rings. The summed E-state index contributed by atoms with van der Waals surface area (Å²) < 4.78 is 5.07. The van der Waals surface area contributed by atoms with E-state index in [1.807, 2.05) is 30.5 Å². The van der Waals surface area contributed by atoms with Gasteiger partial charge in [0.25, 0.3) is 0 Å². The van der Waals surface area contributed by atoms with Crippen molar-refractivity contribution < 1.29 is 4.74 Å². The Morgan fingerprint density at radius 2 is 0.829 bits per heavy atom. The maximum atomic E-state index is 5.07. The molecule has 6 aliphatic rings. The van der Waals surface area contributed by atoms with Gasteiger partial charge in [0.2, 0.25) is 0 Å². The Morgan fingerprint density at radius 1 is 0.439 bits per heavy atom. The van der Waals surface area contributed by atoms with Gasteiger partial charge in [0, 0.05) is 44.4 Å². The number of nitrogens with zero attached hydrogens (tertiary/aromatic N) is 2. The second-order valence-electron chi connectivity index (χ2n) is 11.8. The molecule has 0 radical (unpaired) electrons. The van der Waals surface area contributed by atoms with Crippen molar-refractivity contribution in [3.63, 3.8) is 0 Å². The maximum Gasteiger partial charge on any atom is 0.0466 e. The van der Waals surface area contributed by atoms with Gasteiger partial charge in [0.15, 0.2) is 0 Å². The van der Waals surface area contributed by atoms with E-state index in [1.54, 1.807) is 18.6 Å². The lowest BCUT2D eigenvalue weighted by Gasteiger charge is -2.08. The molecule has 0 amide bonds. The van der Waals surface area contributed by atoms with E-state index in [1.165, 1.54) is 167 Å². The fourth-order valence-electron chi connectivity index (χ4n) is 5.29. The van der Waals surface area contributed by atoms with Crippen LogP contribution in [-0.4, -0.2) is 37.5 Å². The summed E-state index contributed by atoms with van der Waals surface area (Å²) in [4.78, 5) is 7.56. The molecule has 0 bridgehead atoms. The molecule has 3 aliphatic carbocycles. The molecule has 236 valence electrons. The van der Waals surface area contributed by atoms with E-state index in [4.69, 9.17) is 4.74 Å². The summed E-state index contributed by atoms with van der Waals surface area (Å²) in [5, 5.41) is 3.28. The first-order valence-corrected chi connectivity index (χ1v) is 17.8. The summed E-state index contributed by atoms with van der Waals surface area (Å²) in [6, 6.07) is 5.72. The zero-order chi connectivity index (χ0) is 29.0. The summed E-state index contributed by atoms with van der Waals surface area (Å²) in [7, 11) is 0. The molecule has 0 atom stereocenters. The third kappa shape index (κ3) is 32.9. The van der Waals surface area contributed by atoms with Crippen molar-refractivity contribution in [3.05, 3.63) is 42.9 Å². The standard InChI is InChI=1S/C7H14.C6H12.C5H11N.C5H5N.C5H10O.C5H10.C4H5N/c1-2-4-6-7-5-3-1;4*1-2-4-6-5-3-1;2*1-2-4-5-3-1/h1-7H2;1-6H2;6H,1-5H2;1-5H;1-5H2;1-5H2;1,3-4H,2H2. The van der Waals surface area contributed by atoms with Crippen molar-refractivity contribution in [2.24, 2.45) is 4.99 Å². The Hall–Kier alpha value is -1.52. The molecule has 0 unspecified atom stereocenters. The molecule has 7 rings (SSSR count). The van der Waals surface area contributed by atoms with Crippen molar-refractivity contribution in [2.45, 2.75) is 161 Å². The Kier molecular flexibility index (Phi) is 31.7. The van der Waals surface area contributed by atoms with E-state index in [-0.39, 0.29) is 0 Å². The molecule has 4 heterocycles. The van der Waals surface area contributed by atoms with Crippen LogP contribution in [0.2, 0.25) is 0 Å². The molecule has 2 saturated heterocycles. The van der Waals surface area contributed by atoms with Gasteiger partial charge in [-0.05, 0) is 57.3 Å². The fraction of sp³-hybridized carbons (Fsp3) is 0.784. The SMILES string of the molecule is C1=CN=CC1.C1CCCC1.C1CCCCC1.C1CCCCCC1.C1CCNCC1.C1CCOCC1.c1ccncc1. The monoisotopic (exact) mass is 570 g/mol. The van der Waals surface area contributed by atoms with E-state index in [2.05, 4.69) is 15.3 Å². The Morgan fingerprint density at radius 3 is 0.951 bits per heavy atom. The van der Waals surface area contributed by atoms with Crippen LogP contribution < -0.4 is 5.32 Å². The average molecular weight is 570 g/mol. The number of pyridine rings is 1. The minimum absolute atomic E-state index is 1.00. The van der Waals surface area contributed by atoms with E-state index in [0.29, 0.717) is 0 Å². The van der Waals surface area contributed by atoms with Crippen LogP contribution in [0, 0.1) is 0 Å².